The lowest BCUT2D eigenvalue weighted by molar-refractivity contribution is -0.127. The van der Waals surface area contributed by atoms with E-state index in [1.165, 1.54) is 0 Å². The molecule has 1 N–H and O–H groups in total. The molecule has 2 aromatic carbocycles. The quantitative estimate of drug-likeness (QED) is 0.787. The van der Waals surface area contributed by atoms with Crippen molar-refractivity contribution in [3.8, 4) is 0 Å². The summed E-state index contributed by atoms with van der Waals surface area (Å²) in [6, 6.07) is 17.5. The van der Waals surface area contributed by atoms with Gasteiger partial charge in [0.25, 0.3) is 5.91 Å². The van der Waals surface area contributed by atoms with Gasteiger partial charge in [-0.2, -0.15) is 0 Å². The maximum absolute atomic E-state index is 13.8. The van der Waals surface area contributed by atoms with Crippen LogP contribution in [0.25, 0.3) is 0 Å². The van der Waals surface area contributed by atoms with Crippen LogP contribution >= 0.6 is 0 Å². The van der Waals surface area contributed by atoms with Gasteiger partial charge >= 0.3 is 0 Å². The van der Waals surface area contributed by atoms with Gasteiger partial charge in [-0.1, -0.05) is 61.4 Å². The standard InChI is InChI=1S/C25H30N2O3/c1-18(19-10-4-3-5-11-19)26-23(28)22-20-12-6-7-13-21(20)24(29)27(16-17-30-2)25(22)14-8-9-15-25/h3-7,10-13,18,22H,8-9,14-17H2,1-2H3,(H,26,28). The van der Waals surface area contributed by atoms with Gasteiger partial charge in [-0.25, -0.2) is 0 Å². The fourth-order valence-corrected chi connectivity index (χ4v) is 5.30. The molecule has 1 fully saturated rings. The van der Waals surface area contributed by atoms with Crippen molar-refractivity contribution in [2.75, 3.05) is 20.3 Å². The summed E-state index contributed by atoms with van der Waals surface area (Å²) in [4.78, 5) is 29.1. The topological polar surface area (TPSA) is 58.6 Å². The number of amides is 2. The van der Waals surface area contributed by atoms with E-state index < -0.39 is 5.54 Å². The van der Waals surface area contributed by atoms with E-state index in [2.05, 4.69) is 5.32 Å². The zero-order valence-electron chi connectivity index (χ0n) is 17.8. The third-order valence-electron chi connectivity index (χ3n) is 6.73. The molecule has 2 aliphatic rings. The molecule has 1 heterocycles. The van der Waals surface area contributed by atoms with Crippen LogP contribution in [0.5, 0.6) is 0 Å². The summed E-state index contributed by atoms with van der Waals surface area (Å²) in [5.74, 6) is -0.364. The molecular formula is C25H30N2O3. The molecule has 4 rings (SSSR count). The number of ether oxygens (including phenoxy) is 1. The summed E-state index contributed by atoms with van der Waals surface area (Å²) in [6.07, 6.45) is 3.73. The highest BCUT2D eigenvalue weighted by molar-refractivity contribution is 6.02. The van der Waals surface area contributed by atoms with Crippen molar-refractivity contribution in [2.24, 2.45) is 0 Å². The van der Waals surface area contributed by atoms with Crippen molar-refractivity contribution < 1.29 is 14.3 Å². The summed E-state index contributed by atoms with van der Waals surface area (Å²) in [5.41, 5.74) is 2.09. The first-order valence-electron chi connectivity index (χ1n) is 10.8. The molecule has 0 bridgehead atoms. The van der Waals surface area contributed by atoms with Crippen LogP contribution in [-0.2, 0) is 9.53 Å². The summed E-state index contributed by atoms with van der Waals surface area (Å²) < 4.78 is 5.31. The first-order chi connectivity index (χ1) is 14.6. The Balaban J connectivity index is 1.73. The second kappa shape index (κ2) is 8.60. The van der Waals surface area contributed by atoms with E-state index in [1.54, 1.807) is 7.11 Å². The number of benzene rings is 2. The van der Waals surface area contributed by atoms with Gasteiger partial charge in [-0.3, -0.25) is 9.59 Å². The Morgan fingerprint density at radius 2 is 1.80 bits per heavy atom. The zero-order chi connectivity index (χ0) is 21.1. The Kier molecular flexibility index (Phi) is 5.91. The van der Waals surface area contributed by atoms with E-state index in [0.29, 0.717) is 18.7 Å². The molecule has 1 saturated carbocycles. The van der Waals surface area contributed by atoms with Crippen LogP contribution in [-0.4, -0.2) is 42.5 Å². The average molecular weight is 407 g/mol. The van der Waals surface area contributed by atoms with Crippen molar-refractivity contribution in [1.29, 1.82) is 0 Å². The average Bonchev–Trinajstić information content (AvgIpc) is 3.24. The van der Waals surface area contributed by atoms with E-state index in [1.807, 2.05) is 66.4 Å². The number of methoxy groups -OCH3 is 1. The summed E-state index contributed by atoms with van der Waals surface area (Å²) >= 11 is 0. The maximum atomic E-state index is 13.8. The molecule has 2 atom stereocenters. The molecule has 1 spiro atoms. The predicted molar refractivity (Wildman–Crippen MR) is 116 cm³/mol. The largest absolute Gasteiger partial charge is 0.383 e. The normalized spacial score (nSPS) is 20.8. The maximum Gasteiger partial charge on any atom is 0.254 e. The van der Waals surface area contributed by atoms with Crippen molar-refractivity contribution in [3.63, 3.8) is 0 Å². The Hall–Kier alpha value is -2.66. The molecule has 2 unspecified atom stereocenters. The van der Waals surface area contributed by atoms with Crippen molar-refractivity contribution >= 4 is 11.8 Å². The number of rotatable bonds is 6. The third-order valence-corrected chi connectivity index (χ3v) is 6.73. The van der Waals surface area contributed by atoms with Crippen LogP contribution in [0.1, 0.15) is 66.1 Å². The Bertz CT molecular complexity index is 906. The molecule has 2 aromatic rings. The summed E-state index contributed by atoms with van der Waals surface area (Å²) in [7, 11) is 1.65. The Morgan fingerprint density at radius 3 is 2.50 bits per heavy atom. The number of carbonyl (C=O) groups is 2. The molecule has 0 aromatic heterocycles. The molecule has 0 saturated heterocycles. The van der Waals surface area contributed by atoms with Crippen LogP contribution in [0, 0.1) is 0 Å². The summed E-state index contributed by atoms with van der Waals surface area (Å²) in [6.45, 7) is 2.98. The molecule has 2 amide bonds. The van der Waals surface area contributed by atoms with Crippen LogP contribution in [0.2, 0.25) is 0 Å². The molecule has 0 radical (unpaired) electrons. The van der Waals surface area contributed by atoms with Crippen LogP contribution in [0.15, 0.2) is 54.6 Å². The second-order valence-electron chi connectivity index (χ2n) is 8.42. The number of nitrogens with one attached hydrogen (secondary N) is 1. The smallest absolute Gasteiger partial charge is 0.254 e. The predicted octanol–water partition coefficient (Wildman–Crippen LogP) is 4.06. The van der Waals surface area contributed by atoms with Gasteiger partial charge < -0.3 is 15.0 Å². The monoisotopic (exact) mass is 406 g/mol. The van der Waals surface area contributed by atoms with Gasteiger partial charge in [0.15, 0.2) is 0 Å². The summed E-state index contributed by atoms with van der Waals surface area (Å²) in [5, 5.41) is 3.24. The van der Waals surface area contributed by atoms with E-state index in [9.17, 15) is 9.59 Å². The third kappa shape index (κ3) is 3.52. The number of hydrogen-bond donors (Lipinski definition) is 1. The second-order valence-corrected chi connectivity index (χ2v) is 8.42. The van der Waals surface area contributed by atoms with Gasteiger partial charge in [0.2, 0.25) is 5.91 Å². The minimum Gasteiger partial charge on any atom is -0.383 e. The Morgan fingerprint density at radius 1 is 1.13 bits per heavy atom. The fourth-order valence-electron chi connectivity index (χ4n) is 5.30. The number of nitrogens with zero attached hydrogens (tertiary/aromatic N) is 1. The van der Waals surface area contributed by atoms with E-state index in [0.717, 1.165) is 36.8 Å². The van der Waals surface area contributed by atoms with E-state index in [4.69, 9.17) is 4.74 Å². The van der Waals surface area contributed by atoms with E-state index in [-0.39, 0.29) is 23.8 Å². The molecule has 5 heteroatoms. The molecule has 158 valence electrons. The van der Waals surface area contributed by atoms with Crippen LogP contribution in [0.3, 0.4) is 0 Å². The van der Waals surface area contributed by atoms with Crippen LogP contribution in [0.4, 0.5) is 0 Å². The molecule has 1 aliphatic carbocycles. The van der Waals surface area contributed by atoms with Gasteiger partial charge in [-0.15, -0.1) is 0 Å². The minimum atomic E-state index is -0.482. The van der Waals surface area contributed by atoms with Crippen molar-refractivity contribution in [3.05, 3.63) is 71.3 Å². The molecule has 30 heavy (non-hydrogen) atoms. The number of hydrogen-bond acceptors (Lipinski definition) is 3. The highest BCUT2D eigenvalue weighted by Gasteiger charge is 2.55. The lowest BCUT2D eigenvalue weighted by Gasteiger charge is -2.50. The number of carbonyl (C=O) groups excluding carboxylic acids is 2. The highest BCUT2D eigenvalue weighted by atomic mass is 16.5. The number of fused-ring (bicyclic) bond motifs is 1. The van der Waals surface area contributed by atoms with Crippen LogP contribution < -0.4 is 5.32 Å². The lowest BCUT2D eigenvalue weighted by Crippen LogP contribution is -2.61. The van der Waals surface area contributed by atoms with Crippen molar-refractivity contribution in [1.82, 2.24) is 10.2 Å². The lowest BCUT2D eigenvalue weighted by atomic mass is 9.71. The van der Waals surface area contributed by atoms with Gasteiger partial charge in [-0.05, 0) is 37.0 Å². The van der Waals surface area contributed by atoms with Gasteiger partial charge in [0, 0.05) is 19.2 Å². The first kappa shape index (κ1) is 20.6. The minimum absolute atomic E-state index is 0.00406. The fraction of sp³-hybridized carbons (Fsp3) is 0.440. The SMILES string of the molecule is COCCN1C(=O)c2ccccc2C(C(=O)NC(C)c2ccccc2)C12CCCC2. The molecule has 1 aliphatic heterocycles. The highest BCUT2D eigenvalue weighted by Crippen LogP contribution is 2.50. The van der Waals surface area contributed by atoms with Gasteiger partial charge in [0.1, 0.15) is 0 Å². The molecule has 5 nitrogen and oxygen atoms in total. The first-order valence-corrected chi connectivity index (χ1v) is 10.8. The van der Waals surface area contributed by atoms with Crippen molar-refractivity contribution in [2.45, 2.75) is 50.1 Å². The van der Waals surface area contributed by atoms with Gasteiger partial charge in [0.05, 0.1) is 24.1 Å². The zero-order valence-corrected chi connectivity index (χ0v) is 17.8. The Labute approximate surface area is 178 Å². The molecular weight excluding hydrogens is 376 g/mol. The van der Waals surface area contributed by atoms with E-state index >= 15 is 0 Å².